The highest BCUT2D eigenvalue weighted by Crippen LogP contribution is 2.53. The molecule has 62 heavy (non-hydrogen) atoms. The second kappa shape index (κ2) is 16.3. The van der Waals surface area contributed by atoms with E-state index in [0.29, 0.717) is 16.5 Å². The Balaban J connectivity index is 1.16. The third kappa shape index (κ3) is 7.47. The number of hydrogen-bond donors (Lipinski definition) is 8. The molecule has 3 aliphatic rings. The summed E-state index contributed by atoms with van der Waals surface area (Å²) in [6, 6.07) is 17.0. The van der Waals surface area contributed by atoms with Crippen molar-refractivity contribution in [2.45, 2.75) is 73.4 Å². The van der Waals surface area contributed by atoms with Crippen LogP contribution >= 0.6 is 0 Å². The number of carbonyl (C=O) groups is 3. The minimum atomic E-state index is -4.59. The molecule has 2 aliphatic carbocycles. The first-order valence-electron chi connectivity index (χ1n) is 19.4. The number of sulfonamides is 1. The highest BCUT2D eigenvalue weighted by atomic mass is 32.2. The highest BCUT2D eigenvalue weighted by molar-refractivity contribution is 7.89. The van der Waals surface area contributed by atoms with Gasteiger partial charge >= 0.3 is 0 Å². The fraction of sp³-hybridized carbons (Fsp3) is 0.279. The van der Waals surface area contributed by atoms with Crippen LogP contribution in [0.15, 0.2) is 94.0 Å². The summed E-state index contributed by atoms with van der Waals surface area (Å²) in [6.07, 6.45) is -5.71. The minimum absolute atomic E-state index is 0.0422. The average Bonchev–Trinajstić information content (AvgIpc) is 3.25. The van der Waals surface area contributed by atoms with E-state index in [-0.39, 0.29) is 57.0 Å². The number of phenols is 3. The fourth-order valence-electron chi connectivity index (χ4n) is 8.29. The number of benzene rings is 5. The van der Waals surface area contributed by atoms with Gasteiger partial charge in [0.2, 0.25) is 5.78 Å². The Bertz CT molecular complexity index is 2770. The number of hydrogen-bond acceptors (Lipinski definition) is 17. The van der Waals surface area contributed by atoms with Crippen LogP contribution in [0.25, 0.3) is 10.8 Å². The van der Waals surface area contributed by atoms with Gasteiger partial charge in [-0.15, -0.1) is 9.95 Å². The smallest absolute Gasteiger partial charge is 0.253 e. The summed E-state index contributed by atoms with van der Waals surface area (Å²) < 4.78 is 45.4. The number of ketones is 2. The number of fused-ring (bicyclic) bond motifs is 4. The van der Waals surface area contributed by atoms with E-state index in [9.17, 15) is 48.3 Å². The quantitative estimate of drug-likeness (QED) is 0.0398. The second-order valence-corrected chi connectivity index (χ2v) is 17.1. The van der Waals surface area contributed by atoms with Crippen molar-refractivity contribution in [1.82, 2.24) is 10.3 Å². The molecule has 2 unspecified atom stereocenters. The standard InChI is InChI=1S/C43H41N5O13S/c1-20-38(51)28(44)16-33(60-20)61-31-18-43(56,17-27-35(31)42(55)37-36(40(27)53)39(52)25-9-6-10-30(59-2)34(25)41(37)54)32(19-49)47-48-62(57,58)24-13-21-11-12-23(50)14-26(21)29(15-24)46-45-22-7-4-3-5-8-22/h3-15,19-20,28,31-33,38,47-48,50-51,53,55-56H,16-18,44H2,1-2H3/t20?,28-,31+,32?,33+,38-,43-/m1/s1. The lowest BCUT2D eigenvalue weighted by molar-refractivity contribution is -0.248. The summed E-state index contributed by atoms with van der Waals surface area (Å²) in [4.78, 5) is 42.8. The van der Waals surface area contributed by atoms with Crippen molar-refractivity contribution in [3.63, 3.8) is 0 Å². The average molecular weight is 868 g/mol. The molecule has 0 saturated carbocycles. The Morgan fingerprint density at radius 2 is 1.69 bits per heavy atom. The number of aldehydes is 1. The molecular weight excluding hydrogens is 827 g/mol. The number of aliphatic hydroxyl groups is 2. The van der Waals surface area contributed by atoms with Gasteiger partial charge in [-0.05, 0) is 54.8 Å². The van der Waals surface area contributed by atoms with E-state index in [4.69, 9.17) is 19.9 Å². The lowest BCUT2D eigenvalue weighted by atomic mass is 9.71. The molecule has 8 rings (SSSR count). The predicted octanol–water partition coefficient (Wildman–Crippen LogP) is 3.76. The molecule has 0 radical (unpaired) electrons. The number of ether oxygens (including phenoxy) is 3. The largest absolute Gasteiger partial charge is 0.508 e. The zero-order valence-electron chi connectivity index (χ0n) is 33.1. The lowest BCUT2D eigenvalue weighted by Gasteiger charge is -2.44. The molecule has 18 nitrogen and oxygen atoms in total. The zero-order chi connectivity index (χ0) is 44.2. The van der Waals surface area contributed by atoms with Crippen LogP contribution in [0, 0.1) is 0 Å². The van der Waals surface area contributed by atoms with E-state index < -0.39 is 99.3 Å². The van der Waals surface area contributed by atoms with Crippen molar-refractivity contribution < 1.29 is 62.5 Å². The monoisotopic (exact) mass is 867 g/mol. The second-order valence-electron chi connectivity index (χ2n) is 15.4. The molecule has 1 aliphatic heterocycles. The van der Waals surface area contributed by atoms with Crippen molar-refractivity contribution >= 4 is 50.0 Å². The summed E-state index contributed by atoms with van der Waals surface area (Å²) in [6.45, 7) is 1.55. The maximum atomic E-state index is 14.1. The van der Waals surface area contributed by atoms with Gasteiger partial charge in [-0.2, -0.15) is 5.11 Å². The number of methoxy groups -OCH3 is 1. The predicted molar refractivity (Wildman–Crippen MR) is 219 cm³/mol. The van der Waals surface area contributed by atoms with Crippen LogP contribution in [0.4, 0.5) is 11.4 Å². The van der Waals surface area contributed by atoms with Crippen molar-refractivity contribution in [1.29, 1.82) is 0 Å². The molecule has 0 amide bonds. The Kier molecular flexibility index (Phi) is 11.2. The normalized spacial score (nSPS) is 24.0. The molecule has 0 aromatic heterocycles. The van der Waals surface area contributed by atoms with Gasteiger partial charge in [0.05, 0.1) is 64.0 Å². The first kappa shape index (κ1) is 42.5. The summed E-state index contributed by atoms with van der Waals surface area (Å²) in [5.41, 5.74) is 4.91. The van der Waals surface area contributed by atoms with Crippen LogP contribution in [0.3, 0.4) is 0 Å². The number of aliphatic hydroxyl groups excluding tert-OH is 1. The molecule has 1 saturated heterocycles. The van der Waals surface area contributed by atoms with Crippen LogP contribution in [0.5, 0.6) is 23.0 Å². The van der Waals surface area contributed by atoms with Gasteiger partial charge in [-0.25, -0.2) is 13.8 Å². The molecule has 1 fully saturated rings. The van der Waals surface area contributed by atoms with E-state index in [1.807, 2.05) is 0 Å². The van der Waals surface area contributed by atoms with Gasteiger partial charge in [0.15, 0.2) is 12.1 Å². The number of carbonyl (C=O) groups excluding carboxylic acids is 3. The molecule has 5 aromatic rings. The maximum Gasteiger partial charge on any atom is 0.253 e. The van der Waals surface area contributed by atoms with Gasteiger partial charge < -0.3 is 50.3 Å². The highest BCUT2D eigenvalue weighted by Gasteiger charge is 2.51. The van der Waals surface area contributed by atoms with E-state index >= 15 is 0 Å². The van der Waals surface area contributed by atoms with Gasteiger partial charge in [0.25, 0.3) is 10.0 Å². The number of phenolic OH excluding ortho intramolecular Hbond substituents is 3. The van der Waals surface area contributed by atoms with E-state index in [2.05, 4.69) is 20.5 Å². The topological polar surface area (TPSA) is 289 Å². The lowest BCUT2D eigenvalue weighted by Crippen LogP contribution is -2.60. The molecule has 322 valence electrons. The molecule has 0 spiro atoms. The van der Waals surface area contributed by atoms with Crippen LogP contribution in [0.2, 0.25) is 0 Å². The van der Waals surface area contributed by atoms with Crippen LogP contribution in [0.1, 0.15) is 68.8 Å². The van der Waals surface area contributed by atoms with Crippen LogP contribution in [-0.2, 0) is 30.7 Å². The Labute approximate surface area is 353 Å². The molecule has 0 bridgehead atoms. The Hall–Kier alpha value is -6.16. The summed E-state index contributed by atoms with van der Waals surface area (Å²) in [5, 5.41) is 66.1. The van der Waals surface area contributed by atoms with Gasteiger partial charge in [-0.3, -0.25) is 9.59 Å². The maximum absolute atomic E-state index is 14.1. The summed E-state index contributed by atoms with van der Waals surface area (Å²) in [7, 11) is -3.29. The van der Waals surface area contributed by atoms with Gasteiger partial charge in [0, 0.05) is 47.4 Å². The third-order valence-electron chi connectivity index (χ3n) is 11.5. The molecule has 7 atom stereocenters. The van der Waals surface area contributed by atoms with Crippen LogP contribution < -0.4 is 20.7 Å². The first-order chi connectivity index (χ1) is 29.5. The number of azo groups is 1. The summed E-state index contributed by atoms with van der Waals surface area (Å²) in [5.74, 6) is -3.28. The first-order valence-corrected chi connectivity index (χ1v) is 20.8. The molecule has 19 heteroatoms. The number of nitrogens with two attached hydrogens (primary N) is 1. The number of nitrogens with one attached hydrogen (secondary N) is 2. The number of hydrazine groups is 1. The van der Waals surface area contributed by atoms with E-state index in [0.717, 1.165) is 0 Å². The Morgan fingerprint density at radius 3 is 2.40 bits per heavy atom. The fourth-order valence-corrected chi connectivity index (χ4v) is 9.24. The molecule has 1 heterocycles. The molecule has 9 N–H and O–H groups in total. The Morgan fingerprint density at radius 1 is 0.952 bits per heavy atom. The third-order valence-corrected chi connectivity index (χ3v) is 12.7. The van der Waals surface area contributed by atoms with Crippen LogP contribution in [-0.4, -0.2) is 95.1 Å². The van der Waals surface area contributed by atoms with Crippen molar-refractivity contribution in [2.75, 3.05) is 7.11 Å². The van der Waals surface area contributed by atoms with Crippen molar-refractivity contribution in [3.05, 3.63) is 112 Å². The summed E-state index contributed by atoms with van der Waals surface area (Å²) >= 11 is 0. The zero-order valence-corrected chi connectivity index (χ0v) is 33.9. The molecular formula is C43H41N5O13S. The number of rotatable bonds is 11. The van der Waals surface area contributed by atoms with Gasteiger partial charge in [-0.1, -0.05) is 36.4 Å². The van der Waals surface area contributed by atoms with Crippen molar-refractivity contribution in [2.24, 2.45) is 16.0 Å². The molecule has 5 aromatic carbocycles. The van der Waals surface area contributed by atoms with E-state index in [1.165, 1.54) is 55.6 Å². The van der Waals surface area contributed by atoms with E-state index in [1.54, 1.807) is 37.3 Å². The van der Waals surface area contributed by atoms with Gasteiger partial charge in [0.1, 0.15) is 35.3 Å². The minimum Gasteiger partial charge on any atom is -0.508 e. The van der Waals surface area contributed by atoms with Crippen molar-refractivity contribution in [3.8, 4) is 23.0 Å². The SMILES string of the molecule is COc1cccc2c1C(=O)c1c(O)c3c(c(O)c1C2=O)C[C@](O)(C(C=O)NNS(=O)(=O)c1cc(N=Nc2ccccc2)c2cc(O)ccc2c1)C[C@@H]3O[C@H]1C[C@@H](N)[C@H](O)C(C)O1. The number of aromatic hydroxyl groups is 3. The number of nitrogens with zero attached hydrogens (tertiary/aromatic N) is 2.